The summed E-state index contributed by atoms with van der Waals surface area (Å²) < 4.78 is 36.8. The predicted octanol–water partition coefficient (Wildman–Crippen LogP) is 2.94. The lowest BCUT2D eigenvalue weighted by molar-refractivity contribution is -0.143. The van der Waals surface area contributed by atoms with Gasteiger partial charge in [0.15, 0.2) is 6.23 Å². The van der Waals surface area contributed by atoms with Crippen LogP contribution in [0.2, 0.25) is 5.02 Å². The van der Waals surface area contributed by atoms with Gasteiger partial charge in [0.25, 0.3) is 5.56 Å². The number of nitrogens with one attached hydrogen (secondary N) is 2. The van der Waals surface area contributed by atoms with Crippen molar-refractivity contribution in [2.24, 2.45) is 5.92 Å². The topological polar surface area (TPSA) is 138 Å². The molecular formula is C22H27ClN3O8P. The zero-order chi connectivity index (χ0) is 25.8. The van der Waals surface area contributed by atoms with E-state index in [1.165, 1.54) is 30.0 Å². The number of nitrogens with zero attached hydrogens (tertiary/aromatic N) is 1. The second kappa shape index (κ2) is 11.4. The number of H-pyrrole nitrogens is 1. The molecule has 0 radical (unpaired) electrons. The summed E-state index contributed by atoms with van der Waals surface area (Å²) in [5.74, 6) is -0.724. The molecule has 0 saturated carbocycles. The van der Waals surface area contributed by atoms with Crippen molar-refractivity contribution < 1.29 is 27.9 Å². The molecule has 4 atom stereocenters. The van der Waals surface area contributed by atoms with Crippen LogP contribution in [-0.4, -0.2) is 41.4 Å². The molecule has 1 unspecified atom stereocenters. The smallest absolute Gasteiger partial charge is 0.459 e. The number of hydrogen-bond donors (Lipinski definition) is 2. The van der Waals surface area contributed by atoms with Crippen LogP contribution in [0.5, 0.6) is 5.75 Å². The highest BCUT2D eigenvalue weighted by Crippen LogP contribution is 2.46. The maximum absolute atomic E-state index is 13.7. The summed E-state index contributed by atoms with van der Waals surface area (Å²) in [5.41, 5.74) is -0.772. The number of hydrogen-bond acceptors (Lipinski definition) is 8. The maximum atomic E-state index is 13.7. The quantitative estimate of drug-likeness (QED) is 0.271. The van der Waals surface area contributed by atoms with Crippen molar-refractivity contribution in [3.05, 3.63) is 74.0 Å². The van der Waals surface area contributed by atoms with Crippen LogP contribution < -0.4 is 20.9 Å². The Morgan fingerprint density at radius 3 is 2.57 bits per heavy atom. The molecule has 1 aliphatic heterocycles. The van der Waals surface area contributed by atoms with E-state index in [0.717, 1.165) is 0 Å². The first-order valence-electron chi connectivity index (χ1n) is 10.7. The van der Waals surface area contributed by atoms with E-state index < -0.39 is 43.3 Å². The first kappa shape index (κ1) is 26.9. The van der Waals surface area contributed by atoms with Crippen LogP contribution in [0.1, 0.15) is 25.6 Å². The second-order valence-electron chi connectivity index (χ2n) is 8.14. The highest BCUT2D eigenvalue weighted by Gasteiger charge is 2.37. The maximum Gasteiger partial charge on any atom is 0.459 e. The van der Waals surface area contributed by atoms with Gasteiger partial charge in [-0.05, 0) is 43.2 Å². The minimum absolute atomic E-state index is 0.202. The van der Waals surface area contributed by atoms with Gasteiger partial charge in [-0.1, -0.05) is 31.5 Å². The van der Waals surface area contributed by atoms with Crippen molar-refractivity contribution in [1.82, 2.24) is 14.6 Å². The van der Waals surface area contributed by atoms with Gasteiger partial charge in [0, 0.05) is 16.8 Å². The number of aromatic nitrogens is 2. The fraction of sp³-hybridized carbons (Fsp3) is 0.409. The number of rotatable bonds is 10. The van der Waals surface area contributed by atoms with Crippen molar-refractivity contribution in [2.75, 3.05) is 13.7 Å². The number of carbonyl (C=O) groups is 1. The van der Waals surface area contributed by atoms with E-state index in [4.69, 9.17) is 30.1 Å². The van der Waals surface area contributed by atoms with Crippen LogP contribution in [0.25, 0.3) is 0 Å². The fourth-order valence-corrected chi connectivity index (χ4v) is 4.98. The number of esters is 1. The van der Waals surface area contributed by atoms with Gasteiger partial charge in [0.05, 0.1) is 13.7 Å². The van der Waals surface area contributed by atoms with E-state index in [-0.39, 0.29) is 18.3 Å². The fourth-order valence-electron chi connectivity index (χ4n) is 3.18. The Morgan fingerprint density at radius 2 is 1.94 bits per heavy atom. The zero-order valence-corrected chi connectivity index (χ0v) is 21.2. The van der Waals surface area contributed by atoms with Gasteiger partial charge >= 0.3 is 19.4 Å². The van der Waals surface area contributed by atoms with E-state index in [1.54, 1.807) is 45.1 Å². The Labute approximate surface area is 206 Å². The van der Waals surface area contributed by atoms with E-state index in [0.29, 0.717) is 10.6 Å². The number of carbonyl (C=O) groups excluding carboxylic acids is 1. The number of benzene rings is 1. The SMILES string of the molecule is COC(=O)[C@@H](NP(=O)(OC[C@@H]1C=C[C@H](n2cc(C)c(=O)[nH]c2=O)O1)Oc1ccc(Cl)cc1)C(C)C. The zero-order valence-electron chi connectivity index (χ0n) is 19.6. The Hall–Kier alpha value is -2.69. The average Bonchev–Trinajstić information content (AvgIpc) is 3.28. The number of ether oxygens (including phenoxy) is 2. The van der Waals surface area contributed by atoms with E-state index in [2.05, 4.69) is 10.1 Å². The molecule has 2 N–H and O–H groups in total. The number of methoxy groups -OCH3 is 1. The van der Waals surface area contributed by atoms with Crippen LogP contribution in [0.15, 0.2) is 52.2 Å². The van der Waals surface area contributed by atoms with Crippen LogP contribution in [-0.2, 0) is 23.4 Å². The normalized spacial score (nSPS) is 19.9. The van der Waals surface area contributed by atoms with Gasteiger partial charge < -0.3 is 14.0 Å². The molecule has 1 aliphatic rings. The molecule has 2 heterocycles. The highest BCUT2D eigenvalue weighted by atomic mass is 35.5. The molecule has 2 aromatic rings. The Bertz CT molecular complexity index is 1240. The molecule has 11 nitrogen and oxygen atoms in total. The summed E-state index contributed by atoms with van der Waals surface area (Å²) in [5, 5.41) is 3.12. The van der Waals surface area contributed by atoms with Gasteiger partial charge in [0.2, 0.25) is 0 Å². The molecule has 0 spiro atoms. The number of halogens is 1. The highest BCUT2D eigenvalue weighted by molar-refractivity contribution is 7.52. The van der Waals surface area contributed by atoms with E-state index >= 15 is 0 Å². The van der Waals surface area contributed by atoms with E-state index in [1.807, 2.05) is 0 Å². The Kier molecular flexibility index (Phi) is 8.74. The molecular weight excluding hydrogens is 501 g/mol. The van der Waals surface area contributed by atoms with Crippen molar-refractivity contribution in [3.8, 4) is 5.75 Å². The monoisotopic (exact) mass is 527 g/mol. The lowest BCUT2D eigenvalue weighted by atomic mass is 10.1. The molecule has 190 valence electrons. The molecule has 0 bridgehead atoms. The molecule has 0 amide bonds. The van der Waals surface area contributed by atoms with Gasteiger partial charge in [-0.15, -0.1) is 0 Å². The summed E-state index contributed by atoms with van der Waals surface area (Å²) in [6, 6.07) is 5.15. The number of aryl methyl sites for hydroxylation is 1. The second-order valence-corrected chi connectivity index (χ2v) is 10.3. The molecule has 1 aromatic heterocycles. The first-order chi connectivity index (χ1) is 16.5. The summed E-state index contributed by atoms with van der Waals surface area (Å²) in [7, 11) is -2.90. The summed E-state index contributed by atoms with van der Waals surface area (Å²) >= 11 is 5.91. The van der Waals surface area contributed by atoms with Crippen molar-refractivity contribution in [1.29, 1.82) is 0 Å². The van der Waals surface area contributed by atoms with Gasteiger partial charge in [-0.3, -0.25) is 23.7 Å². The Morgan fingerprint density at radius 1 is 1.26 bits per heavy atom. The molecule has 35 heavy (non-hydrogen) atoms. The molecule has 13 heteroatoms. The predicted molar refractivity (Wildman–Crippen MR) is 129 cm³/mol. The number of aromatic amines is 1. The van der Waals surface area contributed by atoms with E-state index in [9.17, 15) is 18.9 Å². The third kappa shape index (κ3) is 6.93. The van der Waals surface area contributed by atoms with Crippen molar-refractivity contribution in [3.63, 3.8) is 0 Å². The van der Waals surface area contributed by atoms with Gasteiger partial charge in [0.1, 0.15) is 17.9 Å². The molecule has 1 aromatic carbocycles. The summed E-state index contributed by atoms with van der Waals surface area (Å²) in [6.07, 6.45) is 3.13. The van der Waals surface area contributed by atoms with Gasteiger partial charge in [-0.2, -0.15) is 5.09 Å². The first-order valence-corrected chi connectivity index (χ1v) is 12.6. The molecule has 0 saturated heterocycles. The standard InChI is InChI=1S/C22H27ClN3O8P/c1-13(2)19(21(28)31-4)25-35(30,34-16-7-5-15(23)6-8-16)32-12-17-9-10-18(33-17)26-11-14(3)20(27)24-22(26)29/h5-11,13,17-19H,12H2,1-4H3,(H,25,30)(H,24,27,29)/t17-,18+,19-,35?/m0/s1. The minimum Gasteiger partial charge on any atom is -0.468 e. The Balaban J connectivity index is 1.76. The van der Waals surface area contributed by atoms with Crippen LogP contribution in [0, 0.1) is 12.8 Å². The third-order valence-electron chi connectivity index (χ3n) is 5.09. The minimum atomic E-state index is -4.13. The van der Waals surface area contributed by atoms with Crippen LogP contribution >= 0.6 is 19.3 Å². The van der Waals surface area contributed by atoms with Crippen molar-refractivity contribution >= 4 is 25.3 Å². The summed E-state index contributed by atoms with van der Waals surface area (Å²) in [4.78, 5) is 38.2. The average molecular weight is 528 g/mol. The third-order valence-corrected chi connectivity index (χ3v) is 6.88. The lowest BCUT2D eigenvalue weighted by Gasteiger charge is -2.27. The van der Waals surface area contributed by atoms with Crippen molar-refractivity contribution in [2.45, 2.75) is 39.1 Å². The summed E-state index contributed by atoms with van der Waals surface area (Å²) in [6.45, 7) is 4.83. The lowest BCUT2D eigenvalue weighted by Crippen LogP contribution is -2.41. The van der Waals surface area contributed by atoms with Crippen LogP contribution in [0.4, 0.5) is 0 Å². The molecule has 0 aliphatic carbocycles. The largest absolute Gasteiger partial charge is 0.468 e. The van der Waals surface area contributed by atoms with Gasteiger partial charge in [-0.25, -0.2) is 9.36 Å². The molecule has 0 fully saturated rings. The molecule has 3 rings (SSSR count). The van der Waals surface area contributed by atoms with Crippen LogP contribution in [0.3, 0.4) is 0 Å².